The molecule has 0 aliphatic rings. The molecule has 94 valence electrons. The van der Waals surface area contributed by atoms with Gasteiger partial charge in [0.2, 0.25) is 0 Å². The summed E-state index contributed by atoms with van der Waals surface area (Å²) < 4.78 is 5.59. The van der Waals surface area contributed by atoms with Gasteiger partial charge >= 0.3 is 5.97 Å². The van der Waals surface area contributed by atoms with Gasteiger partial charge < -0.3 is 15.2 Å². The van der Waals surface area contributed by atoms with Crippen molar-refractivity contribution in [3.63, 3.8) is 0 Å². The second-order valence-electron chi connectivity index (χ2n) is 3.97. The molecular formula is C14H15NO3. The highest BCUT2D eigenvalue weighted by Crippen LogP contribution is 2.25. The van der Waals surface area contributed by atoms with E-state index in [2.05, 4.69) is 5.32 Å². The second kappa shape index (κ2) is 5.51. The molecule has 0 aliphatic carbocycles. The lowest BCUT2D eigenvalue weighted by atomic mass is 10.1. The first kappa shape index (κ1) is 12.4. The molecule has 2 N–H and O–H groups in total. The Hall–Kier alpha value is -2.07. The molecule has 0 aromatic heterocycles. The van der Waals surface area contributed by atoms with Crippen LogP contribution in [0.5, 0.6) is 5.75 Å². The first-order valence-electron chi connectivity index (χ1n) is 5.73. The third kappa shape index (κ3) is 2.60. The van der Waals surface area contributed by atoms with Crippen LogP contribution in [0.1, 0.15) is 0 Å². The van der Waals surface area contributed by atoms with Crippen molar-refractivity contribution in [2.24, 2.45) is 0 Å². The van der Waals surface area contributed by atoms with Crippen molar-refractivity contribution in [3.8, 4) is 5.75 Å². The standard InChI is InChI=1S/C14H15NO3/c1-15-12(14(16)17)9-18-13-8-4-6-10-5-2-3-7-11(10)13/h2-8,12,15H,9H2,1H3,(H,16,17). The van der Waals surface area contributed by atoms with Gasteiger partial charge in [0.05, 0.1) is 0 Å². The molecule has 1 unspecified atom stereocenters. The number of rotatable bonds is 5. The minimum Gasteiger partial charge on any atom is -0.491 e. The van der Waals surface area contributed by atoms with Crippen LogP contribution in [0.3, 0.4) is 0 Å². The lowest BCUT2D eigenvalue weighted by Crippen LogP contribution is -2.39. The molecule has 2 aromatic rings. The molecule has 0 amide bonds. The monoisotopic (exact) mass is 245 g/mol. The molecule has 0 heterocycles. The summed E-state index contributed by atoms with van der Waals surface area (Å²) in [5.41, 5.74) is 0. The van der Waals surface area contributed by atoms with E-state index in [1.807, 2.05) is 42.5 Å². The van der Waals surface area contributed by atoms with E-state index in [1.165, 1.54) is 0 Å². The van der Waals surface area contributed by atoms with Crippen molar-refractivity contribution >= 4 is 16.7 Å². The highest BCUT2D eigenvalue weighted by atomic mass is 16.5. The van der Waals surface area contributed by atoms with E-state index in [0.717, 1.165) is 10.8 Å². The van der Waals surface area contributed by atoms with Crippen LogP contribution in [0.2, 0.25) is 0 Å². The maximum atomic E-state index is 10.9. The van der Waals surface area contributed by atoms with E-state index >= 15 is 0 Å². The quantitative estimate of drug-likeness (QED) is 0.844. The highest BCUT2D eigenvalue weighted by molar-refractivity contribution is 5.88. The number of ether oxygens (including phenoxy) is 1. The number of nitrogens with one attached hydrogen (secondary N) is 1. The first-order valence-corrected chi connectivity index (χ1v) is 5.73. The number of carboxylic acids is 1. The van der Waals surface area contributed by atoms with Crippen molar-refractivity contribution in [3.05, 3.63) is 42.5 Å². The van der Waals surface area contributed by atoms with E-state index in [0.29, 0.717) is 5.75 Å². The fourth-order valence-corrected chi connectivity index (χ4v) is 1.77. The minimum atomic E-state index is -0.919. The van der Waals surface area contributed by atoms with Crippen LogP contribution >= 0.6 is 0 Å². The third-order valence-corrected chi connectivity index (χ3v) is 2.80. The average molecular weight is 245 g/mol. The molecule has 1 atom stereocenters. The number of hydrogen-bond acceptors (Lipinski definition) is 3. The van der Waals surface area contributed by atoms with Gasteiger partial charge in [-0.3, -0.25) is 4.79 Å². The van der Waals surface area contributed by atoms with Crippen molar-refractivity contribution in [1.29, 1.82) is 0 Å². The number of likely N-dealkylation sites (N-methyl/N-ethyl adjacent to an activating group) is 1. The Balaban J connectivity index is 2.19. The van der Waals surface area contributed by atoms with Crippen molar-refractivity contribution in [1.82, 2.24) is 5.32 Å². The number of benzene rings is 2. The predicted octanol–water partition coefficient (Wildman–Crippen LogP) is 1.89. The van der Waals surface area contributed by atoms with Crippen LogP contribution in [-0.2, 0) is 4.79 Å². The van der Waals surface area contributed by atoms with Gasteiger partial charge in [0.15, 0.2) is 0 Å². The zero-order valence-electron chi connectivity index (χ0n) is 10.1. The fourth-order valence-electron chi connectivity index (χ4n) is 1.77. The maximum absolute atomic E-state index is 10.9. The third-order valence-electron chi connectivity index (χ3n) is 2.80. The number of aliphatic carboxylic acids is 1. The van der Waals surface area contributed by atoms with Crippen LogP contribution in [0.4, 0.5) is 0 Å². The lowest BCUT2D eigenvalue weighted by Gasteiger charge is -2.14. The van der Waals surface area contributed by atoms with Gasteiger partial charge in [-0.2, -0.15) is 0 Å². The van der Waals surface area contributed by atoms with Crippen LogP contribution in [0.25, 0.3) is 10.8 Å². The van der Waals surface area contributed by atoms with Gasteiger partial charge in [-0.25, -0.2) is 0 Å². The Morgan fingerprint density at radius 2 is 2.00 bits per heavy atom. The number of carboxylic acid groups (broad SMARTS) is 1. The molecule has 0 bridgehead atoms. The normalized spacial score (nSPS) is 12.3. The summed E-state index contributed by atoms with van der Waals surface area (Å²) in [6.07, 6.45) is 0. The molecule has 2 aromatic carbocycles. The molecule has 4 nitrogen and oxygen atoms in total. The summed E-state index contributed by atoms with van der Waals surface area (Å²) in [6, 6.07) is 12.9. The Kier molecular flexibility index (Phi) is 3.79. The van der Waals surface area contributed by atoms with E-state index in [4.69, 9.17) is 9.84 Å². The van der Waals surface area contributed by atoms with E-state index in [-0.39, 0.29) is 6.61 Å². The number of carbonyl (C=O) groups is 1. The SMILES string of the molecule is CNC(COc1cccc2ccccc12)C(=O)O. The zero-order chi connectivity index (χ0) is 13.0. The topological polar surface area (TPSA) is 58.6 Å². The molecule has 4 heteroatoms. The van der Waals surface area contributed by atoms with Crippen molar-refractivity contribution in [2.75, 3.05) is 13.7 Å². The van der Waals surface area contributed by atoms with Gasteiger partial charge in [0.25, 0.3) is 0 Å². The molecule has 0 spiro atoms. The minimum absolute atomic E-state index is 0.0971. The average Bonchev–Trinajstić information content (AvgIpc) is 2.39. The maximum Gasteiger partial charge on any atom is 0.324 e. The summed E-state index contributed by atoms with van der Waals surface area (Å²) in [5.74, 6) is -0.215. The molecule has 0 fully saturated rings. The van der Waals surface area contributed by atoms with E-state index in [1.54, 1.807) is 7.05 Å². The van der Waals surface area contributed by atoms with Crippen LogP contribution < -0.4 is 10.1 Å². The summed E-state index contributed by atoms with van der Waals surface area (Å²) in [5, 5.41) is 13.7. The van der Waals surface area contributed by atoms with Gasteiger partial charge in [-0.05, 0) is 18.5 Å². The fraction of sp³-hybridized carbons (Fsp3) is 0.214. The molecular weight excluding hydrogens is 230 g/mol. The second-order valence-corrected chi connectivity index (χ2v) is 3.97. The first-order chi connectivity index (χ1) is 8.72. The summed E-state index contributed by atoms with van der Waals surface area (Å²) in [4.78, 5) is 10.9. The molecule has 0 saturated heterocycles. The Morgan fingerprint density at radius 3 is 2.72 bits per heavy atom. The predicted molar refractivity (Wildman–Crippen MR) is 69.9 cm³/mol. The van der Waals surface area contributed by atoms with Crippen LogP contribution in [0, 0.1) is 0 Å². The van der Waals surface area contributed by atoms with Gasteiger partial charge in [0.1, 0.15) is 18.4 Å². The molecule has 0 aliphatic heterocycles. The molecule has 0 saturated carbocycles. The summed E-state index contributed by atoms with van der Waals surface area (Å²) >= 11 is 0. The van der Waals surface area contributed by atoms with E-state index < -0.39 is 12.0 Å². The number of fused-ring (bicyclic) bond motifs is 1. The van der Waals surface area contributed by atoms with Gasteiger partial charge in [-0.1, -0.05) is 36.4 Å². The Morgan fingerprint density at radius 1 is 1.28 bits per heavy atom. The zero-order valence-corrected chi connectivity index (χ0v) is 10.1. The Bertz CT molecular complexity index is 548. The molecule has 2 rings (SSSR count). The van der Waals surface area contributed by atoms with Crippen LogP contribution in [-0.4, -0.2) is 30.8 Å². The lowest BCUT2D eigenvalue weighted by molar-refractivity contribution is -0.140. The molecule has 0 radical (unpaired) electrons. The van der Waals surface area contributed by atoms with Gasteiger partial charge in [-0.15, -0.1) is 0 Å². The smallest absolute Gasteiger partial charge is 0.324 e. The number of hydrogen-bond donors (Lipinski definition) is 2. The summed E-state index contributed by atoms with van der Waals surface area (Å²) in [7, 11) is 1.60. The van der Waals surface area contributed by atoms with Crippen molar-refractivity contribution < 1.29 is 14.6 Å². The summed E-state index contributed by atoms with van der Waals surface area (Å²) in [6.45, 7) is 0.0971. The highest BCUT2D eigenvalue weighted by Gasteiger charge is 2.15. The van der Waals surface area contributed by atoms with Crippen LogP contribution in [0.15, 0.2) is 42.5 Å². The Labute approximate surface area is 105 Å². The largest absolute Gasteiger partial charge is 0.491 e. The molecule has 18 heavy (non-hydrogen) atoms. The van der Waals surface area contributed by atoms with E-state index in [9.17, 15) is 4.79 Å². The van der Waals surface area contributed by atoms with Crippen molar-refractivity contribution in [2.45, 2.75) is 6.04 Å². The van der Waals surface area contributed by atoms with Gasteiger partial charge in [0, 0.05) is 5.39 Å².